The minimum atomic E-state index is -0.133. The molecule has 7 nitrogen and oxygen atoms in total. The highest BCUT2D eigenvalue weighted by Crippen LogP contribution is 2.23. The van der Waals surface area contributed by atoms with Crippen molar-refractivity contribution in [1.29, 1.82) is 0 Å². The van der Waals surface area contributed by atoms with E-state index in [1.54, 1.807) is 17.4 Å². The number of nitrogens with one attached hydrogen (secondary N) is 1. The molecule has 0 aliphatic rings. The van der Waals surface area contributed by atoms with E-state index in [0.29, 0.717) is 18.5 Å². The highest BCUT2D eigenvalue weighted by molar-refractivity contribution is 6.08. The minimum Gasteiger partial charge on any atom is -0.395 e. The first-order valence-electron chi connectivity index (χ1n) is 9.53. The third-order valence-corrected chi connectivity index (χ3v) is 4.87. The molecule has 2 aromatic heterocycles. The second-order valence-corrected chi connectivity index (χ2v) is 6.87. The van der Waals surface area contributed by atoms with Gasteiger partial charge in [0.25, 0.3) is 0 Å². The van der Waals surface area contributed by atoms with Gasteiger partial charge in [-0.25, -0.2) is 4.98 Å². The molecule has 3 rings (SSSR count). The summed E-state index contributed by atoms with van der Waals surface area (Å²) >= 11 is 0. The number of aliphatic hydroxyl groups is 1. The first-order chi connectivity index (χ1) is 13.5. The SMILES string of the molecule is CCCC(=O)c1cn(CC(=O)N(CCO)Cc2nc[nH]c2C)c2ccccc12. The Morgan fingerprint density at radius 1 is 1.29 bits per heavy atom. The quantitative estimate of drug-likeness (QED) is 0.557. The van der Waals surface area contributed by atoms with Crippen molar-refractivity contribution in [1.82, 2.24) is 19.4 Å². The topological polar surface area (TPSA) is 91.2 Å². The summed E-state index contributed by atoms with van der Waals surface area (Å²) in [5, 5.41) is 10.3. The molecular weight excluding hydrogens is 356 g/mol. The van der Waals surface area contributed by atoms with Crippen molar-refractivity contribution in [2.75, 3.05) is 13.2 Å². The molecular formula is C21H26N4O3. The van der Waals surface area contributed by atoms with Crippen LogP contribution in [-0.2, 0) is 17.9 Å². The van der Waals surface area contributed by atoms with Crippen molar-refractivity contribution in [2.45, 2.75) is 39.8 Å². The predicted octanol–water partition coefficient (Wildman–Crippen LogP) is 2.68. The molecule has 0 saturated carbocycles. The van der Waals surface area contributed by atoms with Crippen LogP contribution in [-0.4, -0.2) is 49.4 Å². The number of aromatic amines is 1. The molecule has 0 spiro atoms. The van der Waals surface area contributed by atoms with Crippen LogP contribution in [0.2, 0.25) is 0 Å². The lowest BCUT2D eigenvalue weighted by molar-refractivity contribution is -0.133. The molecule has 2 N–H and O–H groups in total. The number of fused-ring (bicyclic) bond motifs is 1. The maximum absolute atomic E-state index is 13.0. The van der Waals surface area contributed by atoms with E-state index in [4.69, 9.17) is 0 Å². The number of rotatable bonds is 9. The zero-order chi connectivity index (χ0) is 20.1. The Kier molecular flexibility index (Phi) is 6.26. The van der Waals surface area contributed by atoms with Gasteiger partial charge in [0.1, 0.15) is 6.54 Å². The Hall–Kier alpha value is -2.93. The van der Waals surface area contributed by atoms with Crippen LogP contribution in [0.4, 0.5) is 0 Å². The highest BCUT2D eigenvalue weighted by Gasteiger charge is 2.19. The van der Waals surface area contributed by atoms with Crippen LogP contribution in [0.1, 0.15) is 41.5 Å². The fourth-order valence-electron chi connectivity index (χ4n) is 3.35. The van der Waals surface area contributed by atoms with Crippen molar-refractivity contribution in [3.8, 4) is 0 Å². The van der Waals surface area contributed by atoms with Gasteiger partial charge in [-0.1, -0.05) is 25.1 Å². The van der Waals surface area contributed by atoms with Gasteiger partial charge in [0.2, 0.25) is 5.91 Å². The Balaban J connectivity index is 1.86. The van der Waals surface area contributed by atoms with E-state index in [9.17, 15) is 14.7 Å². The predicted molar refractivity (Wildman–Crippen MR) is 107 cm³/mol. The molecule has 1 amide bonds. The standard InChI is InChI=1S/C21H26N4O3/c1-3-6-20(27)17-11-25(19-8-5-4-7-16(17)19)13-21(28)24(9-10-26)12-18-15(2)22-14-23-18/h4-5,7-8,11,14,26H,3,6,9-10,12-13H2,1-2H3,(H,22,23). The van der Waals surface area contributed by atoms with Gasteiger partial charge in [0.15, 0.2) is 5.78 Å². The lowest BCUT2D eigenvalue weighted by atomic mass is 10.1. The van der Waals surface area contributed by atoms with Gasteiger partial charge >= 0.3 is 0 Å². The van der Waals surface area contributed by atoms with E-state index >= 15 is 0 Å². The Morgan fingerprint density at radius 3 is 2.75 bits per heavy atom. The highest BCUT2D eigenvalue weighted by atomic mass is 16.3. The van der Waals surface area contributed by atoms with Gasteiger partial charge in [-0.05, 0) is 19.4 Å². The third-order valence-electron chi connectivity index (χ3n) is 4.87. The summed E-state index contributed by atoms with van der Waals surface area (Å²) in [6.45, 7) is 4.41. The van der Waals surface area contributed by atoms with Crippen molar-refractivity contribution in [2.24, 2.45) is 0 Å². The smallest absolute Gasteiger partial charge is 0.242 e. The zero-order valence-corrected chi connectivity index (χ0v) is 16.3. The first-order valence-corrected chi connectivity index (χ1v) is 9.53. The van der Waals surface area contributed by atoms with Crippen LogP contribution in [0.3, 0.4) is 0 Å². The van der Waals surface area contributed by atoms with Crippen molar-refractivity contribution in [3.05, 3.63) is 53.7 Å². The number of aliphatic hydroxyl groups excluding tert-OH is 1. The minimum absolute atomic E-state index is 0.0873. The average Bonchev–Trinajstić information content (AvgIpc) is 3.25. The van der Waals surface area contributed by atoms with Gasteiger partial charge < -0.3 is 19.6 Å². The fourth-order valence-corrected chi connectivity index (χ4v) is 3.35. The number of carbonyl (C=O) groups is 2. The molecule has 1 aromatic carbocycles. The Bertz CT molecular complexity index is 973. The summed E-state index contributed by atoms with van der Waals surface area (Å²) in [6, 6.07) is 7.63. The number of hydrogen-bond donors (Lipinski definition) is 2. The van der Waals surface area contributed by atoms with E-state index in [0.717, 1.165) is 28.7 Å². The van der Waals surface area contributed by atoms with Crippen LogP contribution in [0.25, 0.3) is 10.9 Å². The Labute approximate surface area is 164 Å². The van der Waals surface area contributed by atoms with E-state index in [1.165, 1.54) is 0 Å². The van der Waals surface area contributed by atoms with Crippen molar-refractivity contribution >= 4 is 22.6 Å². The number of Topliss-reactive ketones (excluding diaryl/α,β-unsaturated/α-hetero) is 1. The number of amides is 1. The molecule has 0 bridgehead atoms. The number of imidazole rings is 1. The zero-order valence-electron chi connectivity index (χ0n) is 16.3. The average molecular weight is 382 g/mol. The number of hydrogen-bond acceptors (Lipinski definition) is 4. The van der Waals surface area contributed by atoms with Gasteiger partial charge in [0.05, 0.1) is 25.2 Å². The van der Waals surface area contributed by atoms with Gasteiger partial charge in [0, 0.05) is 41.3 Å². The van der Waals surface area contributed by atoms with Crippen LogP contribution in [0.5, 0.6) is 0 Å². The molecule has 3 aromatic rings. The molecule has 28 heavy (non-hydrogen) atoms. The maximum Gasteiger partial charge on any atom is 0.242 e. The molecule has 2 heterocycles. The lowest BCUT2D eigenvalue weighted by Crippen LogP contribution is -2.35. The van der Waals surface area contributed by atoms with Gasteiger partial charge in [-0.2, -0.15) is 0 Å². The molecule has 0 aliphatic carbocycles. The second-order valence-electron chi connectivity index (χ2n) is 6.87. The number of aromatic nitrogens is 3. The fraction of sp³-hybridized carbons (Fsp3) is 0.381. The maximum atomic E-state index is 13.0. The molecule has 0 aliphatic heterocycles. The molecule has 0 radical (unpaired) electrons. The van der Waals surface area contributed by atoms with E-state index in [2.05, 4.69) is 9.97 Å². The number of benzene rings is 1. The number of ketones is 1. The monoisotopic (exact) mass is 382 g/mol. The van der Waals surface area contributed by atoms with Gasteiger partial charge in [-0.15, -0.1) is 0 Å². The van der Waals surface area contributed by atoms with Crippen molar-refractivity contribution < 1.29 is 14.7 Å². The van der Waals surface area contributed by atoms with Gasteiger partial charge in [-0.3, -0.25) is 9.59 Å². The molecule has 0 unspecified atom stereocenters. The van der Waals surface area contributed by atoms with Crippen LogP contribution in [0, 0.1) is 6.92 Å². The van der Waals surface area contributed by atoms with E-state index in [-0.39, 0.29) is 31.4 Å². The molecule has 0 saturated heterocycles. The summed E-state index contributed by atoms with van der Waals surface area (Å²) in [4.78, 5) is 34.3. The second kappa shape index (κ2) is 8.84. The number of carbonyl (C=O) groups excluding carboxylic acids is 2. The van der Waals surface area contributed by atoms with Crippen LogP contribution >= 0.6 is 0 Å². The summed E-state index contributed by atoms with van der Waals surface area (Å²) in [6.07, 6.45) is 4.64. The number of para-hydroxylation sites is 1. The number of nitrogens with zero attached hydrogens (tertiary/aromatic N) is 3. The molecule has 0 atom stereocenters. The van der Waals surface area contributed by atoms with E-state index in [1.807, 2.05) is 42.7 Å². The van der Waals surface area contributed by atoms with Crippen molar-refractivity contribution in [3.63, 3.8) is 0 Å². The summed E-state index contributed by atoms with van der Waals surface area (Å²) < 4.78 is 1.82. The summed E-state index contributed by atoms with van der Waals surface area (Å²) in [5.74, 6) is -0.0454. The number of aryl methyl sites for hydroxylation is 1. The normalized spacial score (nSPS) is 11.1. The molecule has 148 valence electrons. The largest absolute Gasteiger partial charge is 0.395 e. The molecule has 7 heteroatoms. The first kappa shape index (κ1) is 19.8. The summed E-state index contributed by atoms with van der Waals surface area (Å²) in [5.41, 5.74) is 3.19. The lowest BCUT2D eigenvalue weighted by Gasteiger charge is -2.21. The van der Waals surface area contributed by atoms with E-state index < -0.39 is 0 Å². The third kappa shape index (κ3) is 4.14. The summed E-state index contributed by atoms with van der Waals surface area (Å²) in [7, 11) is 0. The number of H-pyrrole nitrogens is 1. The molecule has 0 fully saturated rings. The Morgan fingerprint density at radius 2 is 2.07 bits per heavy atom. The van der Waals surface area contributed by atoms with Crippen LogP contribution in [0.15, 0.2) is 36.8 Å². The van der Waals surface area contributed by atoms with Crippen LogP contribution < -0.4 is 0 Å².